The van der Waals surface area contributed by atoms with Crippen LogP contribution in [0, 0.1) is 0 Å². The highest BCUT2D eigenvalue weighted by Crippen LogP contribution is 2.15. The Morgan fingerprint density at radius 1 is 0.667 bits per heavy atom. The van der Waals surface area contributed by atoms with Crippen molar-refractivity contribution in [2.75, 3.05) is 0 Å². The molecule has 1 nitrogen and oxygen atoms in total. The molecule has 1 aliphatic heterocycles. The van der Waals surface area contributed by atoms with E-state index in [1.807, 2.05) is 23.6 Å². The van der Waals surface area contributed by atoms with Gasteiger partial charge in [0.2, 0.25) is 0 Å². The molecule has 0 unspecified atom stereocenters. The minimum absolute atomic E-state index is 1.44. The van der Waals surface area contributed by atoms with E-state index in [0.29, 0.717) is 0 Å². The minimum Gasteiger partial charge on any atom is -0.220 e. The first kappa shape index (κ1) is 12.6. The third-order valence-corrected chi connectivity index (χ3v) is 3.09. The molecule has 0 amide bonds. The first-order chi connectivity index (χ1) is 7.50. The Hall–Kier alpha value is -0.500. The summed E-state index contributed by atoms with van der Waals surface area (Å²) in [4.78, 5) is 0. The highest BCUT2D eigenvalue weighted by molar-refractivity contribution is 8.01. The van der Waals surface area contributed by atoms with Crippen LogP contribution >= 0.6 is 11.9 Å². The fraction of sp³-hybridized carbons (Fsp3) is 0.615. The number of allylic oxidation sites excluding steroid dienone is 3. The second-order valence-electron chi connectivity index (χ2n) is 3.90. The SMILES string of the molecule is C1=CC=NSC=C1.C1CCCCCCC1. The van der Waals surface area contributed by atoms with Gasteiger partial charge in [0.25, 0.3) is 0 Å². The Kier molecular flexibility index (Phi) is 8.41. The highest BCUT2D eigenvalue weighted by atomic mass is 32.2. The summed E-state index contributed by atoms with van der Waals surface area (Å²) < 4.78 is 3.89. The van der Waals surface area contributed by atoms with Crippen molar-refractivity contribution in [1.82, 2.24) is 0 Å². The molecule has 2 heteroatoms. The van der Waals surface area contributed by atoms with Gasteiger partial charge in [0.15, 0.2) is 0 Å². The maximum Gasteiger partial charge on any atom is 0.0355 e. The Balaban J connectivity index is 0.000000151. The van der Waals surface area contributed by atoms with Crippen LogP contribution in [0.3, 0.4) is 0 Å². The van der Waals surface area contributed by atoms with Crippen LogP contribution in [0.2, 0.25) is 0 Å². The van der Waals surface area contributed by atoms with Crippen molar-refractivity contribution in [2.24, 2.45) is 4.40 Å². The molecule has 0 atom stereocenters. The molecule has 0 radical (unpaired) electrons. The van der Waals surface area contributed by atoms with Gasteiger partial charge in [0.1, 0.15) is 0 Å². The van der Waals surface area contributed by atoms with Crippen LogP contribution in [0.4, 0.5) is 0 Å². The van der Waals surface area contributed by atoms with Gasteiger partial charge in [-0.15, -0.1) is 0 Å². The lowest BCUT2D eigenvalue weighted by Crippen LogP contribution is -1.85. The van der Waals surface area contributed by atoms with E-state index in [-0.39, 0.29) is 0 Å². The molecule has 0 aromatic heterocycles. The summed E-state index contributed by atoms with van der Waals surface area (Å²) in [6.45, 7) is 0. The maximum absolute atomic E-state index is 3.89. The summed E-state index contributed by atoms with van der Waals surface area (Å²) >= 11 is 1.44. The lowest BCUT2D eigenvalue weighted by molar-refractivity contribution is 0.504. The van der Waals surface area contributed by atoms with Crippen LogP contribution in [0.1, 0.15) is 51.4 Å². The predicted octanol–water partition coefficient (Wildman–Crippen LogP) is 4.91. The molecular formula is C13H21NS. The predicted molar refractivity (Wildman–Crippen MR) is 71.3 cm³/mol. The fourth-order valence-corrected chi connectivity index (χ4v) is 2.09. The van der Waals surface area contributed by atoms with Gasteiger partial charge in [-0.25, -0.2) is 4.40 Å². The summed E-state index contributed by atoms with van der Waals surface area (Å²) in [6.07, 6.45) is 19.6. The van der Waals surface area contributed by atoms with E-state index >= 15 is 0 Å². The van der Waals surface area contributed by atoms with Gasteiger partial charge in [-0.2, -0.15) is 0 Å². The number of hydrogen-bond acceptors (Lipinski definition) is 2. The van der Waals surface area contributed by atoms with Gasteiger partial charge >= 0.3 is 0 Å². The zero-order chi connectivity index (χ0) is 10.6. The van der Waals surface area contributed by atoms with Crippen molar-refractivity contribution >= 4 is 18.2 Å². The third kappa shape index (κ3) is 8.49. The Bertz CT molecular complexity index is 181. The molecule has 0 N–H and O–H groups in total. The summed E-state index contributed by atoms with van der Waals surface area (Å²) in [5.74, 6) is 0. The van der Waals surface area contributed by atoms with E-state index in [1.165, 1.54) is 63.3 Å². The summed E-state index contributed by atoms with van der Waals surface area (Å²) in [7, 11) is 0. The van der Waals surface area contributed by atoms with Crippen molar-refractivity contribution in [2.45, 2.75) is 51.4 Å². The maximum atomic E-state index is 3.89. The number of rotatable bonds is 0. The molecule has 2 rings (SSSR count). The average Bonchev–Trinajstić information content (AvgIpc) is 2.48. The van der Waals surface area contributed by atoms with E-state index in [9.17, 15) is 0 Å². The number of hydrogen-bond donors (Lipinski definition) is 0. The van der Waals surface area contributed by atoms with E-state index in [4.69, 9.17) is 0 Å². The molecule has 1 heterocycles. The van der Waals surface area contributed by atoms with Gasteiger partial charge in [-0.3, -0.25) is 0 Å². The van der Waals surface area contributed by atoms with Crippen molar-refractivity contribution in [3.63, 3.8) is 0 Å². The van der Waals surface area contributed by atoms with Gasteiger partial charge in [-0.1, -0.05) is 63.5 Å². The summed E-state index contributed by atoms with van der Waals surface area (Å²) in [5.41, 5.74) is 0. The lowest BCUT2D eigenvalue weighted by Gasteiger charge is -2.05. The van der Waals surface area contributed by atoms with Gasteiger partial charge in [0.05, 0.1) is 0 Å². The molecule has 1 saturated carbocycles. The molecule has 0 aromatic rings. The third-order valence-electron chi connectivity index (χ3n) is 2.57. The fourth-order valence-electron chi connectivity index (χ4n) is 1.71. The first-order valence-corrected chi connectivity index (χ1v) is 6.85. The van der Waals surface area contributed by atoms with Crippen LogP contribution < -0.4 is 0 Å². The Morgan fingerprint density at radius 2 is 1.20 bits per heavy atom. The molecule has 0 spiro atoms. The standard InChI is InChI=1S/C8H16.C5H5NS/c1-2-4-6-8-7-5-3-1;1-2-4-6-7-5-3-1/h1-8H2;1-5H. The van der Waals surface area contributed by atoms with Gasteiger partial charge < -0.3 is 0 Å². The Morgan fingerprint density at radius 3 is 1.73 bits per heavy atom. The second-order valence-corrected chi connectivity index (χ2v) is 4.60. The normalized spacial score (nSPS) is 20.8. The highest BCUT2D eigenvalue weighted by Gasteiger charge is 1.95. The zero-order valence-electron chi connectivity index (χ0n) is 9.40. The van der Waals surface area contributed by atoms with Crippen molar-refractivity contribution < 1.29 is 0 Å². The van der Waals surface area contributed by atoms with Crippen LogP contribution in [0.25, 0.3) is 0 Å². The number of nitrogens with zero attached hydrogens (tertiary/aromatic N) is 1. The van der Waals surface area contributed by atoms with Crippen molar-refractivity contribution in [1.29, 1.82) is 0 Å². The molecule has 1 aliphatic carbocycles. The van der Waals surface area contributed by atoms with E-state index in [2.05, 4.69) is 4.40 Å². The van der Waals surface area contributed by atoms with Gasteiger partial charge in [-0.05, 0) is 11.5 Å². The van der Waals surface area contributed by atoms with E-state index in [1.54, 1.807) is 6.21 Å². The summed E-state index contributed by atoms with van der Waals surface area (Å²) in [6, 6.07) is 0. The van der Waals surface area contributed by atoms with Crippen LogP contribution in [0.15, 0.2) is 28.0 Å². The molecule has 0 aromatic carbocycles. The molecule has 1 fully saturated rings. The molecule has 15 heavy (non-hydrogen) atoms. The van der Waals surface area contributed by atoms with Crippen LogP contribution in [0.5, 0.6) is 0 Å². The topological polar surface area (TPSA) is 12.4 Å². The monoisotopic (exact) mass is 223 g/mol. The minimum atomic E-state index is 1.44. The second kappa shape index (κ2) is 10.0. The molecule has 84 valence electrons. The van der Waals surface area contributed by atoms with Crippen molar-refractivity contribution in [3.05, 3.63) is 23.6 Å². The molecule has 2 aliphatic rings. The zero-order valence-corrected chi connectivity index (χ0v) is 10.2. The largest absolute Gasteiger partial charge is 0.220 e. The van der Waals surface area contributed by atoms with Crippen LogP contribution in [-0.4, -0.2) is 6.21 Å². The smallest absolute Gasteiger partial charge is 0.0355 e. The Labute approximate surface area is 97.9 Å². The lowest BCUT2D eigenvalue weighted by atomic mass is 10.0. The van der Waals surface area contributed by atoms with Gasteiger partial charge in [0, 0.05) is 18.2 Å². The summed E-state index contributed by atoms with van der Waals surface area (Å²) in [5, 5.41) is 1.93. The van der Waals surface area contributed by atoms with Crippen LogP contribution in [-0.2, 0) is 0 Å². The van der Waals surface area contributed by atoms with Crippen molar-refractivity contribution in [3.8, 4) is 0 Å². The van der Waals surface area contributed by atoms with E-state index in [0.717, 1.165) is 0 Å². The first-order valence-electron chi connectivity index (χ1n) is 6.01. The quantitative estimate of drug-likeness (QED) is 0.531. The van der Waals surface area contributed by atoms with E-state index < -0.39 is 0 Å². The average molecular weight is 223 g/mol. The molecule has 0 saturated heterocycles. The molecule has 0 bridgehead atoms. The molecular weight excluding hydrogens is 202 g/mol.